The molecule has 5 nitrogen and oxygen atoms in total. The van der Waals surface area contributed by atoms with Gasteiger partial charge in [-0.05, 0) is 23.8 Å². The minimum atomic E-state index is -0.484. The van der Waals surface area contributed by atoms with Gasteiger partial charge in [0.2, 0.25) is 5.95 Å². The maximum atomic E-state index is 12.8. The largest absolute Gasteiger partial charge is 0.335 e. The predicted octanol–water partition coefficient (Wildman–Crippen LogP) is 1.52. The molecule has 0 fully saturated rings. The standard InChI is InChI=1S/C13H13FN4OS/c14-11-2-1-8(5-15-11)6-18-4-3-10-9(7-18)12(19)17-13(20)16-10/h1-2,5H,3-4,6-7H2,(H2,16,17,19,20). The molecule has 2 aromatic heterocycles. The first-order chi connectivity index (χ1) is 9.61. The molecule has 0 bridgehead atoms. The van der Waals surface area contributed by atoms with Gasteiger partial charge >= 0.3 is 0 Å². The number of hydrogen-bond donors (Lipinski definition) is 2. The highest BCUT2D eigenvalue weighted by molar-refractivity contribution is 7.71. The van der Waals surface area contributed by atoms with Crippen molar-refractivity contribution in [3.05, 3.63) is 56.2 Å². The van der Waals surface area contributed by atoms with Crippen molar-refractivity contribution in [2.45, 2.75) is 19.5 Å². The summed E-state index contributed by atoms with van der Waals surface area (Å²) in [5.74, 6) is -0.484. The number of pyridine rings is 1. The number of halogens is 1. The SMILES string of the molecule is O=c1[nH]c(=S)[nH]c2c1CN(Cc1ccc(F)nc1)CC2. The number of fused-ring (bicyclic) bond motifs is 1. The fraction of sp³-hybridized carbons (Fsp3) is 0.308. The molecule has 2 N–H and O–H groups in total. The quantitative estimate of drug-likeness (QED) is 0.651. The first kappa shape index (κ1) is 13.1. The minimum Gasteiger partial charge on any atom is -0.335 e. The average Bonchev–Trinajstić information content (AvgIpc) is 2.42. The number of hydrogen-bond acceptors (Lipinski definition) is 4. The van der Waals surface area contributed by atoms with Crippen LogP contribution in [0.25, 0.3) is 0 Å². The summed E-state index contributed by atoms with van der Waals surface area (Å²) in [4.78, 5) is 23.3. The summed E-state index contributed by atoms with van der Waals surface area (Å²) in [7, 11) is 0. The number of aromatic nitrogens is 3. The van der Waals surface area contributed by atoms with Crippen LogP contribution in [0.4, 0.5) is 4.39 Å². The van der Waals surface area contributed by atoms with Crippen molar-refractivity contribution in [2.75, 3.05) is 6.54 Å². The fourth-order valence-corrected chi connectivity index (χ4v) is 2.62. The van der Waals surface area contributed by atoms with E-state index in [1.807, 2.05) is 0 Å². The summed E-state index contributed by atoms with van der Waals surface area (Å²) in [5.41, 5.74) is 2.42. The van der Waals surface area contributed by atoms with E-state index in [0.29, 0.717) is 17.9 Å². The normalized spacial score (nSPS) is 15.1. The maximum Gasteiger partial charge on any atom is 0.256 e. The molecule has 0 aliphatic carbocycles. The van der Waals surface area contributed by atoms with Crippen molar-refractivity contribution >= 4 is 12.2 Å². The molecular weight excluding hydrogens is 279 g/mol. The first-order valence-electron chi connectivity index (χ1n) is 6.29. The summed E-state index contributed by atoms with van der Waals surface area (Å²) < 4.78 is 13.1. The van der Waals surface area contributed by atoms with Gasteiger partial charge in [0, 0.05) is 37.9 Å². The highest BCUT2D eigenvalue weighted by Gasteiger charge is 2.19. The van der Waals surface area contributed by atoms with Gasteiger partial charge in [0.1, 0.15) is 0 Å². The predicted molar refractivity (Wildman–Crippen MR) is 74.3 cm³/mol. The Hall–Kier alpha value is -1.86. The van der Waals surface area contributed by atoms with E-state index in [2.05, 4.69) is 19.9 Å². The molecule has 0 saturated heterocycles. The first-order valence-corrected chi connectivity index (χ1v) is 6.70. The van der Waals surface area contributed by atoms with Crippen LogP contribution in [0.2, 0.25) is 0 Å². The van der Waals surface area contributed by atoms with Gasteiger partial charge in [-0.25, -0.2) is 4.98 Å². The van der Waals surface area contributed by atoms with E-state index < -0.39 is 5.95 Å². The van der Waals surface area contributed by atoms with Crippen molar-refractivity contribution in [3.63, 3.8) is 0 Å². The second-order valence-electron chi connectivity index (χ2n) is 4.82. The molecule has 0 amide bonds. The average molecular weight is 292 g/mol. The molecule has 2 aromatic rings. The zero-order valence-electron chi connectivity index (χ0n) is 10.6. The lowest BCUT2D eigenvalue weighted by molar-refractivity contribution is 0.241. The van der Waals surface area contributed by atoms with Crippen LogP contribution in [0, 0.1) is 10.7 Å². The molecule has 0 spiro atoms. The third kappa shape index (κ3) is 2.68. The Morgan fingerprint density at radius 1 is 1.40 bits per heavy atom. The topological polar surface area (TPSA) is 64.8 Å². The molecule has 104 valence electrons. The Morgan fingerprint density at radius 2 is 2.25 bits per heavy atom. The van der Waals surface area contributed by atoms with E-state index in [9.17, 15) is 9.18 Å². The van der Waals surface area contributed by atoms with Crippen LogP contribution >= 0.6 is 12.2 Å². The summed E-state index contributed by atoms with van der Waals surface area (Å²) >= 11 is 4.96. The Morgan fingerprint density at radius 3 is 3.00 bits per heavy atom. The molecule has 1 aliphatic rings. The second kappa shape index (κ2) is 5.26. The lowest BCUT2D eigenvalue weighted by Crippen LogP contribution is -2.35. The number of H-pyrrole nitrogens is 2. The van der Waals surface area contributed by atoms with Gasteiger partial charge in [0.15, 0.2) is 4.77 Å². The Kier molecular flexibility index (Phi) is 3.45. The molecule has 0 unspecified atom stereocenters. The lowest BCUT2D eigenvalue weighted by atomic mass is 10.1. The Labute approximate surface area is 119 Å². The highest BCUT2D eigenvalue weighted by Crippen LogP contribution is 2.15. The number of nitrogens with one attached hydrogen (secondary N) is 2. The molecule has 0 aromatic carbocycles. The van der Waals surface area contributed by atoms with Crippen LogP contribution in [0.3, 0.4) is 0 Å². The molecule has 7 heteroatoms. The van der Waals surface area contributed by atoms with Crippen LogP contribution in [0.1, 0.15) is 16.8 Å². The highest BCUT2D eigenvalue weighted by atomic mass is 32.1. The Bertz CT molecular complexity index is 737. The minimum absolute atomic E-state index is 0.134. The molecule has 3 rings (SSSR count). The summed E-state index contributed by atoms with van der Waals surface area (Å²) in [6, 6.07) is 3.05. The molecule has 0 saturated carbocycles. The zero-order chi connectivity index (χ0) is 14.1. The second-order valence-corrected chi connectivity index (χ2v) is 5.22. The number of rotatable bonds is 2. The van der Waals surface area contributed by atoms with Gasteiger partial charge in [0.05, 0.1) is 5.56 Å². The van der Waals surface area contributed by atoms with Crippen LogP contribution in [0.15, 0.2) is 23.1 Å². The molecule has 1 aliphatic heterocycles. The van der Waals surface area contributed by atoms with E-state index >= 15 is 0 Å². The van der Waals surface area contributed by atoms with Gasteiger partial charge in [-0.1, -0.05) is 6.07 Å². The maximum absolute atomic E-state index is 12.8. The molecule has 3 heterocycles. The van der Waals surface area contributed by atoms with Crippen molar-refractivity contribution in [3.8, 4) is 0 Å². The summed E-state index contributed by atoms with van der Waals surface area (Å²) in [6.45, 7) is 2.01. The van der Waals surface area contributed by atoms with Crippen LogP contribution in [0.5, 0.6) is 0 Å². The molecule has 0 atom stereocenters. The van der Waals surface area contributed by atoms with Crippen molar-refractivity contribution < 1.29 is 4.39 Å². The van der Waals surface area contributed by atoms with E-state index in [4.69, 9.17) is 12.2 Å². The summed E-state index contributed by atoms with van der Waals surface area (Å²) in [5, 5.41) is 0. The van der Waals surface area contributed by atoms with E-state index in [1.54, 1.807) is 6.07 Å². The van der Waals surface area contributed by atoms with Gasteiger partial charge < -0.3 is 4.98 Å². The van der Waals surface area contributed by atoms with Gasteiger partial charge in [0.25, 0.3) is 5.56 Å². The molecule has 20 heavy (non-hydrogen) atoms. The molecule has 0 radical (unpaired) electrons. The summed E-state index contributed by atoms with van der Waals surface area (Å²) in [6.07, 6.45) is 2.27. The third-order valence-electron chi connectivity index (χ3n) is 3.38. The number of nitrogens with zero attached hydrogens (tertiary/aromatic N) is 2. The van der Waals surface area contributed by atoms with E-state index in [1.165, 1.54) is 12.3 Å². The zero-order valence-corrected chi connectivity index (χ0v) is 11.5. The fourth-order valence-electron chi connectivity index (χ4n) is 2.41. The van der Waals surface area contributed by atoms with E-state index in [-0.39, 0.29) is 5.56 Å². The van der Waals surface area contributed by atoms with Crippen molar-refractivity contribution in [1.29, 1.82) is 0 Å². The monoisotopic (exact) mass is 292 g/mol. The third-order valence-corrected chi connectivity index (χ3v) is 3.59. The van der Waals surface area contributed by atoms with Gasteiger partial charge in [-0.2, -0.15) is 4.39 Å². The van der Waals surface area contributed by atoms with Crippen molar-refractivity contribution in [1.82, 2.24) is 19.9 Å². The van der Waals surface area contributed by atoms with Crippen LogP contribution in [-0.4, -0.2) is 26.4 Å². The smallest absolute Gasteiger partial charge is 0.256 e. The van der Waals surface area contributed by atoms with Crippen LogP contribution < -0.4 is 5.56 Å². The number of aromatic amines is 2. The molecular formula is C13H13FN4OS. The van der Waals surface area contributed by atoms with Crippen molar-refractivity contribution in [2.24, 2.45) is 0 Å². The Balaban J connectivity index is 1.80. The van der Waals surface area contributed by atoms with E-state index in [0.717, 1.165) is 29.8 Å². The lowest BCUT2D eigenvalue weighted by Gasteiger charge is -2.27. The van der Waals surface area contributed by atoms with Gasteiger partial charge in [-0.15, -0.1) is 0 Å². The van der Waals surface area contributed by atoms with Gasteiger partial charge in [-0.3, -0.25) is 14.7 Å². The van der Waals surface area contributed by atoms with Crippen LogP contribution in [-0.2, 0) is 19.5 Å².